The number of rotatable bonds is 6. The molecule has 0 spiro atoms. The van der Waals surface area contributed by atoms with Crippen LogP contribution < -0.4 is 0 Å². The largest absolute Gasteiger partial charge is 0.100 e. The standard InChI is InChI=1S/C11H22/c1-5-6-7-11(4)9-8-10(2)3/h11H,2,5-9H2,1,3-4H3. The maximum atomic E-state index is 3.91. The Kier molecular flexibility index (Phi) is 6.30. The molecule has 0 saturated heterocycles. The molecule has 0 heteroatoms. The molecule has 0 rings (SSSR count). The highest BCUT2D eigenvalue weighted by molar-refractivity contribution is 4.87. The van der Waals surface area contributed by atoms with Gasteiger partial charge in [0, 0.05) is 0 Å². The Morgan fingerprint density at radius 1 is 1.36 bits per heavy atom. The van der Waals surface area contributed by atoms with Crippen molar-refractivity contribution in [2.75, 3.05) is 0 Å². The van der Waals surface area contributed by atoms with Gasteiger partial charge in [0.2, 0.25) is 0 Å². The summed E-state index contributed by atoms with van der Waals surface area (Å²) in [6.07, 6.45) is 6.65. The highest BCUT2D eigenvalue weighted by atomic mass is 14.1. The van der Waals surface area contributed by atoms with Gasteiger partial charge in [-0.3, -0.25) is 0 Å². The second kappa shape index (κ2) is 6.45. The molecule has 0 aliphatic carbocycles. The average Bonchev–Trinajstić information content (AvgIpc) is 1.97. The Labute approximate surface area is 71.7 Å². The summed E-state index contributed by atoms with van der Waals surface area (Å²) >= 11 is 0. The summed E-state index contributed by atoms with van der Waals surface area (Å²) in [5.74, 6) is 0.895. The molecule has 0 amide bonds. The summed E-state index contributed by atoms with van der Waals surface area (Å²) in [5.41, 5.74) is 1.33. The van der Waals surface area contributed by atoms with E-state index in [9.17, 15) is 0 Å². The Balaban J connectivity index is 3.22. The van der Waals surface area contributed by atoms with Gasteiger partial charge in [0.05, 0.1) is 0 Å². The number of hydrogen-bond donors (Lipinski definition) is 0. The van der Waals surface area contributed by atoms with Crippen LogP contribution in [0.15, 0.2) is 12.2 Å². The minimum Gasteiger partial charge on any atom is -0.100 e. The second-order valence-corrected chi connectivity index (χ2v) is 3.74. The van der Waals surface area contributed by atoms with E-state index in [4.69, 9.17) is 0 Å². The van der Waals surface area contributed by atoms with Crippen molar-refractivity contribution in [2.24, 2.45) is 5.92 Å². The van der Waals surface area contributed by atoms with Gasteiger partial charge < -0.3 is 0 Å². The van der Waals surface area contributed by atoms with Crippen LogP contribution in [0.25, 0.3) is 0 Å². The lowest BCUT2D eigenvalue weighted by Crippen LogP contribution is -1.94. The smallest absolute Gasteiger partial charge is 0.0323 e. The van der Waals surface area contributed by atoms with Crippen LogP contribution in [0.3, 0.4) is 0 Å². The zero-order valence-corrected chi connectivity index (χ0v) is 8.32. The molecular weight excluding hydrogens is 132 g/mol. The molecule has 1 unspecified atom stereocenters. The van der Waals surface area contributed by atoms with Gasteiger partial charge in [-0.15, -0.1) is 6.58 Å². The van der Waals surface area contributed by atoms with E-state index < -0.39 is 0 Å². The Bertz CT molecular complexity index is 103. The van der Waals surface area contributed by atoms with Crippen molar-refractivity contribution in [3.05, 3.63) is 12.2 Å². The molecule has 66 valence electrons. The van der Waals surface area contributed by atoms with E-state index in [2.05, 4.69) is 27.4 Å². The summed E-state index contributed by atoms with van der Waals surface area (Å²) in [5, 5.41) is 0. The van der Waals surface area contributed by atoms with Gasteiger partial charge in [-0.2, -0.15) is 0 Å². The normalized spacial score (nSPS) is 13.0. The topological polar surface area (TPSA) is 0 Å². The number of unbranched alkanes of at least 4 members (excludes halogenated alkanes) is 1. The monoisotopic (exact) mass is 154 g/mol. The molecule has 11 heavy (non-hydrogen) atoms. The van der Waals surface area contributed by atoms with Crippen molar-refractivity contribution < 1.29 is 0 Å². The van der Waals surface area contributed by atoms with E-state index >= 15 is 0 Å². The average molecular weight is 154 g/mol. The predicted octanol–water partition coefficient (Wildman–Crippen LogP) is 4.17. The first-order chi connectivity index (χ1) is 5.16. The van der Waals surface area contributed by atoms with E-state index in [-0.39, 0.29) is 0 Å². The Hall–Kier alpha value is -0.260. The molecule has 0 aromatic carbocycles. The zero-order chi connectivity index (χ0) is 8.69. The molecule has 0 heterocycles. The lowest BCUT2D eigenvalue weighted by atomic mass is 9.97. The van der Waals surface area contributed by atoms with Crippen LogP contribution in [0.1, 0.15) is 52.9 Å². The molecule has 0 fully saturated rings. The SMILES string of the molecule is C=C(C)CCC(C)CCCC. The van der Waals surface area contributed by atoms with Crippen molar-refractivity contribution in [3.8, 4) is 0 Å². The number of hydrogen-bond acceptors (Lipinski definition) is 0. The van der Waals surface area contributed by atoms with Crippen LogP contribution >= 0.6 is 0 Å². The molecule has 0 saturated carbocycles. The van der Waals surface area contributed by atoms with Gasteiger partial charge in [0.1, 0.15) is 0 Å². The molecule has 0 radical (unpaired) electrons. The first-order valence-corrected chi connectivity index (χ1v) is 4.81. The van der Waals surface area contributed by atoms with Crippen molar-refractivity contribution in [1.82, 2.24) is 0 Å². The quantitative estimate of drug-likeness (QED) is 0.504. The first-order valence-electron chi connectivity index (χ1n) is 4.81. The van der Waals surface area contributed by atoms with Crippen LogP contribution in [0, 0.1) is 5.92 Å². The minimum atomic E-state index is 0.895. The third-order valence-corrected chi connectivity index (χ3v) is 2.11. The molecule has 0 N–H and O–H groups in total. The van der Waals surface area contributed by atoms with E-state index in [1.54, 1.807) is 0 Å². The van der Waals surface area contributed by atoms with E-state index in [0.717, 1.165) is 5.92 Å². The maximum absolute atomic E-state index is 3.91. The van der Waals surface area contributed by atoms with Crippen LogP contribution in [-0.4, -0.2) is 0 Å². The molecule has 0 bridgehead atoms. The van der Waals surface area contributed by atoms with Crippen molar-refractivity contribution in [1.29, 1.82) is 0 Å². The van der Waals surface area contributed by atoms with Crippen LogP contribution in [0.4, 0.5) is 0 Å². The van der Waals surface area contributed by atoms with Crippen molar-refractivity contribution in [2.45, 2.75) is 52.9 Å². The summed E-state index contributed by atoms with van der Waals surface area (Å²) in [7, 11) is 0. The highest BCUT2D eigenvalue weighted by Gasteiger charge is 2.00. The van der Waals surface area contributed by atoms with Gasteiger partial charge in [0.15, 0.2) is 0 Å². The highest BCUT2D eigenvalue weighted by Crippen LogP contribution is 2.15. The van der Waals surface area contributed by atoms with Crippen molar-refractivity contribution in [3.63, 3.8) is 0 Å². The lowest BCUT2D eigenvalue weighted by Gasteiger charge is -2.09. The van der Waals surface area contributed by atoms with Crippen molar-refractivity contribution >= 4 is 0 Å². The molecular formula is C11H22. The predicted molar refractivity (Wildman–Crippen MR) is 52.7 cm³/mol. The molecule has 1 atom stereocenters. The van der Waals surface area contributed by atoms with Crippen LogP contribution in [-0.2, 0) is 0 Å². The fourth-order valence-corrected chi connectivity index (χ4v) is 1.19. The summed E-state index contributed by atoms with van der Waals surface area (Å²) < 4.78 is 0. The molecule has 0 aromatic rings. The van der Waals surface area contributed by atoms with Crippen LogP contribution in [0.5, 0.6) is 0 Å². The molecule has 0 aliphatic heterocycles. The molecule has 0 aromatic heterocycles. The fourth-order valence-electron chi connectivity index (χ4n) is 1.19. The third-order valence-electron chi connectivity index (χ3n) is 2.11. The van der Waals surface area contributed by atoms with Gasteiger partial charge in [-0.1, -0.05) is 38.7 Å². The van der Waals surface area contributed by atoms with Crippen LogP contribution in [0.2, 0.25) is 0 Å². The van der Waals surface area contributed by atoms with E-state index in [1.165, 1.54) is 37.7 Å². The molecule has 0 aliphatic rings. The van der Waals surface area contributed by atoms with Gasteiger partial charge in [0.25, 0.3) is 0 Å². The fraction of sp³-hybridized carbons (Fsp3) is 0.818. The maximum Gasteiger partial charge on any atom is -0.0323 e. The first kappa shape index (κ1) is 10.7. The Morgan fingerprint density at radius 3 is 2.45 bits per heavy atom. The third kappa shape index (κ3) is 7.64. The van der Waals surface area contributed by atoms with Gasteiger partial charge >= 0.3 is 0 Å². The van der Waals surface area contributed by atoms with Gasteiger partial charge in [-0.05, 0) is 25.7 Å². The molecule has 0 nitrogen and oxygen atoms in total. The number of allylic oxidation sites excluding steroid dienone is 1. The van der Waals surface area contributed by atoms with Gasteiger partial charge in [-0.25, -0.2) is 0 Å². The van der Waals surface area contributed by atoms with E-state index in [0.29, 0.717) is 0 Å². The zero-order valence-electron chi connectivity index (χ0n) is 8.32. The Morgan fingerprint density at radius 2 is 2.00 bits per heavy atom. The summed E-state index contributed by atoms with van der Waals surface area (Å²) in [6, 6.07) is 0. The second-order valence-electron chi connectivity index (χ2n) is 3.74. The summed E-state index contributed by atoms with van der Waals surface area (Å²) in [6.45, 7) is 10.6. The summed E-state index contributed by atoms with van der Waals surface area (Å²) in [4.78, 5) is 0. The minimum absolute atomic E-state index is 0.895. The lowest BCUT2D eigenvalue weighted by molar-refractivity contribution is 0.471. The van der Waals surface area contributed by atoms with E-state index in [1.807, 2.05) is 0 Å².